The molecule has 3 rings (SSSR count). The Morgan fingerprint density at radius 2 is 1.90 bits per heavy atom. The van der Waals surface area contributed by atoms with Gasteiger partial charge in [-0.25, -0.2) is 13.8 Å². The second kappa shape index (κ2) is 9.89. The predicted molar refractivity (Wildman–Crippen MR) is 112 cm³/mol. The molecule has 0 spiro atoms. The van der Waals surface area contributed by atoms with Gasteiger partial charge in [0.05, 0.1) is 11.2 Å². The number of rotatable bonds is 7. The van der Waals surface area contributed by atoms with Gasteiger partial charge in [-0.05, 0) is 35.9 Å². The zero-order valence-corrected chi connectivity index (χ0v) is 17.7. The molecular weight excluding hydrogens is 451 g/mol. The van der Waals surface area contributed by atoms with Crippen molar-refractivity contribution in [1.82, 2.24) is 15.6 Å². The summed E-state index contributed by atoms with van der Waals surface area (Å²) in [5.74, 6) is -2.53. The third kappa shape index (κ3) is 5.59. The van der Waals surface area contributed by atoms with E-state index in [9.17, 15) is 18.4 Å². The number of oxazole rings is 1. The van der Waals surface area contributed by atoms with E-state index in [2.05, 4.69) is 15.6 Å². The Morgan fingerprint density at radius 3 is 2.58 bits per heavy atom. The van der Waals surface area contributed by atoms with Gasteiger partial charge in [0.15, 0.2) is 23.3 Å². The van der Waals surface area contributed by atoms with Gasteiger partial charge in [-0.15, -0.1) is 0 Å². The number of hydrogen-bond acceptors (Lipinski definition) is 4. The van der Waals surface area contributed by atoms with E-state index in [1.165, 1.54) is 19.3 Å². The van der Waals surface area contributed by atoms with Gasteiger partial charge in [-0.3, -0.25) is 9.59 Å². The Balaban J connectivity index is 1.66. The van der Waals surface area contributed by atoms with Gasteiger partial charge in [0.2, 0.25) is 11.8 Å². The number of carbonyl (C=O) groups excluding carboxylic acids is 2. The van der Waals surface area contributed by atoms with Gasteiger partial charge in [-0.1, -0.05) is 29.3 Å². The van der Waals surface area contributed by atoms with Crippen LogP contribution in [0.1, 0.15) is 23.9 Å². The minimum atomic E-state index is -1.18. The van der Waals surface area contributed by atoms with E-state index in [1.54, 1.807) is 18.2 Å². The monoisotopic (exact) mass is 467 g/mol. The molecule has 31 heavy (non-hydrogen) atoms. The summed E-state index contributed by atoms with van der Waals surface area (Å²) in [6, 6.07) is 6.74. The van der Waals surface area contributed by atoms with Crippen LogP contribution in [-0.2, 0) is 16.0 Å². The zero-order valence-electron chi connectivity index (χ0n) is 16.2. The molecule has 2 aromatic carbocycles. The summed E-state index contributed by atoms with van der Waals surface area (Å²) in [7, 11) is 1.37. The molecule has 0 saturated carbocycles. The first-order chi connectivity index (χ1) is 14.8. The van der Waals surface area contributed by atoms with Crippen molar-refractivity contribution in [3.63, 3.8) is 0 Å². The van der Waals surface area contributed by atoms with Crippen molar-refractivity contribution in [3.05, 3.63) is 75.7 Å². The number of nitrogens with one attached hydrogen (secondary N) is 2. The molecular formula is C21H17Cl2F2N3O3. The lowest BCUT2D eigenvalue weighted by Gasteiger charge is -2.17. The third-order valence-electron chi connectivity index (χ3n) is 4.41. The van der Waals surface area contributed by atoms with E-state index in [1.807, 2.05) is 0 Å². The topological polar surface area (TPSA) is 84.2 Å². The van der Waals surface area contributed by atoms with Crippen LogP contribution in [0.2, 0.25) is 10.0 Å². The lowest BCUT2D eigenvalue weighted by atomic mass is 10.1. The van der Waals surface area contributed by atoms with Crippen molar-refractivity contribution in [2.24, 2.45) is 0 Å². The molecule has 1 aromatic heterocycles. The second-order valence-electron chi connectivity index (χ2n) is 6.53. The fourth-order valence-corrected chi connectivity index (χ4v) is 3.33. The fourth-order valence-electron chi connectivity index (χ4n) is 2.83. The fraction of sp³-hybridized carbons (Fsp3) is 0.190. The highest BCUT2D eigenvalue weighted by molar-refractivity contribution is 6.36. The average Bonchev–Trinajstić information content (AvgIpc) is 3.20. The van der Waals surface area contributed by atoms with Crippen molar-refractivity contribution in [2.45, 2.75) is 18.9 Å². The Labute approximate surface area is 186 Å². The SMILES string of the molecule is CNC(=O)C(NC(=O)CCc1ncc(-c2ccc(Cl)cc2Cl)o1)c1ccc(F)c(F)c1. The van der Waals surface area contributed by atoms with Crippen LogP contribution < -0.4 is 10.6 Å². The first-order valence-electron chi connectivity index (χ1n) is 9.14. The van der Waals surface area contributed by atoms with Gasteiger partial charge >= 0.3 is 0 Å². The molecule has 10 heteroatoms. The first kappa shape index (κ1) is 22.7. The van der Waals surface area contributed by atoms with Crippen LogP contribution in [0.5, 0.6) is 0 Å². The lowest BCUT2D eigenvalue weighted by Crippen LogP contribution is -2.39. The summed E-state index contributed by atoms with van der Waals surface area (Å²) in [5.41, 5.74) is 0.717. The van der Waals surface area contributed by atoms with Crippen molar-refractivity contribution >= 4 is 35.0 Å². The summed E-state index contributed by atoms with van der Waals surface area (Å²) >= 11 is 12.0. The summed E-state index contributed by atoms with van der Waals surface area (Å²) < 4.78 is 32.4. The molecule has 2 N–H and O–H groups in total. The van der Waals surface area contributed by atoms with Gasteiger partial charge in [0, 0.05) is 30.5 Å². The van der Waals surface area contributed by atoms with E-state index >= 15 is 0 Å². The molecule has 0 aliphatic heterocycles. The molecule has 1 unspecified atom stereocenters. The largest absolute Gasteiger partial charge is 0.441 e. The average molecular weight is 468 g/mol. The van der Waals surface area contributed by atoms with Crippen molar-refractivity contribution in [3.8, 4) is 11.3 Å². The van der Waals surface area contributed by atoms with Gasteiger partial charge in [-0.2, -0.15) is 0 Å². The van der Waals surface area contributed by atoms with Crippen LogP contribution in [0.15, 0.2) is 47.0 Å². The van der Waals surface area contributed by atoms with Crippen LogP contribution in [0, 0.1) is 11.6 Å². The molecule has 0 radical (unpaired) electrons. The van der Waals surface area contributed by atoms with E-state index < -0.39 is 29.5 Å². The normalized spacial score (nSPS) is 11.8. The molecule has 0 aliphatic rings. The van der Waals surface area contributed by atoms with Crippen molar-refractivity contribution < 1.29 is 22.8 Å². The number of aryl methyl sites for hydroxylation is 1. The summed E-state index contributed by atoms with van der Waals surface area (Å²) in [5, 5.41) is 5.77. The quantitative estimate of drug-likeness (QED) is 0.537. The summed E-state index contributed by atoms with van der Waals surface area (Å²) in [6.45, 7) is 0. The Hall–Kier alpha value is -2.97. The predicted octanol–water partition coefficient (Wildman–Crippen LogP) is 4.46. The number of likely N-dealkylation sites (N-methyl/N-ethyl adjacent to an activating group) is 1. The molecule has 1 heterocycles. The molecule has 2 amide bonds. The zero-order chi connectivity index (χ0) is 22.5. The minimum absolute atomic E-state index is 0.0501. The number of carbonyl (C=O) groups is 2. The van der Waals surface area contributed by atoms with E-state index in [-0.39, 0.29) is 18.4 Å². The maximum Gasteiger partial charge on any atom is 0.246 e. The van der Waals surface area contributed by atoms with Crippen LogP contribution in [0.25, 0.3) is 11.3 Å². The molecule has 3 aromatic rings. The maximum atomic E-state index is 13.5. The molecule has 1 atom stereocenters. The van der Waals surface area contributed by atoms with E-state index in [0.29, 0.717) is 27.3 Å². The van der Waals surface area contributed by atoms with Gasteiger partial charge in [0.25, 0.3) is 0 Å². The number of aromatic nitrogens is 1. The first-order valence-corrected chi connectivity index (χ1v) is 9.90. The van der Waals surface area contributed by atoms with E-state index in [4.69, 9.17) is 27.6 Å². The Bertz CT molecular complexity index is 1120. The highest BCUT2D eigenvalue weighted by Crippen LogP contribution is 2.30. The molecule has 0 fully saturated rings. The van der Waals surface area contributed by atoms with Crippen molar-refractivity contribution in [1.29, 1.82) is 0 Å². The Kier molecular flexibility index (Phi) is 7.25. The summed E-state index contributed by atoms with van der Waals surface area (Å²) in [6.07, 6.45) is 1.58. The van der Waals surface area contributed by atoms with Crippen molar-refractivity contribution in [2.75, 3.05) is 7.05 Å². The number of benzene rings is 2. The molecule has 6 nitrogen and oxygen atoms in total. The van der Waals surface area contributed by atoms with Gasteiger partial charge in [0.1, 0.15) is 6.04 Å². The van der Waals surface area contributed by atoms with Crippen LogP contribution in [0.3, 0.4) is 0 Å². The number of amides is 2. The smallest absolute Gasteiger partial charge is 0.246 e. The number of nitrogens with zero attached hydrogens (tertiary/aromatic N) is 1. The minimum Gasteiger partial charge on any atom is -0.441 e. The lowest BCUT2D eigenvalue weighted by molar-refractivity contribution is -0.128. The molecule has 0 bridgehead atoms. The number of halogens is 4. The Morgan fingerprint density at radius 1 is 1.13 bits per heavy atom. The highest BCUT2D eigenvalue weighted by Gasteiger charge is 2.23. The maximum absolute atomic E-state index is 13.5. The van der Waals surface area contributed by atoms with Crippen LogP contribution in [-0.4, -0.2) is 23.8 Å². The molecule has 162 valence electrons. The molecule has 0 aliphatic carbocycles. The van der Waals surface area contributed by atoms with Crippen LogP contribution in [0.4, 0.5) is 8.78 Å². The number of hydrogen-bond donors (Lipinski definition) is 2. The summed E-state index contributed by atoms with van der Waals surface area (Å²) in [4.78, 5) is 28.6. The van der Waals surface area contributed by atoms with E-state index in [0.717, 1.165) is 12.1 Å². The standard InChI is InChI=1S/C21H17Cl2F2N3O3/c1-26-21(30)20(11-2-5-15(24)16(25)8-11)28-18(29)6-7-19-27-10-17(31-19)13-4-3-12(22)9-14(13)23/h2-5,8-10,20H,6-7H2,1H3,(H,26,30)(H,28,29). The van der Waals surface area contributed by atoms with Gasteiger partial charge < -0.3 is 15.1 Å². The third-order valence-corrected chi connectivity index (χ3v) is 4.95. The highest BCUT2D eigenvalue weighted by atomic mass is 35.5. The van der Waals surface area contributed by atoms with Crippen LogP contribution >= 0.6 is 23.2 Å². The molecule has 0 saturated heterocycles. The second-order valence-corrected chi connectivity index (χ2v) is 7.37.